The fourth-order valence-electron chi connectivity index (χ4n) is 3.16. The molecule has 2 aromatic carbocycles. The lowest BCUT2D eigenvalue weighted by molar-refractivity contribution is -0.155. The lowest BCUT2D eigenvalue weighted by Crippen LogP contribution is -2.39. The van der Waals surface area contributed by atoms with Crippen molar-refractivity contribution in [3.63, 3.8) is 0 Å². The number of hydrogen-bond acceptors (Lipinski definition) is 5. The van der Waals surface area contributed by atoms with Crippen molar-refractivity contribution in [1.29, 1.82) is 0 Å². The van der Waals surface area contributed by atoms with Crippen LogP contribution < -0.4 is 4.74 Å². The molecule has 0 aliphatic rings. The average molecular weight is 449 g/mol. The van der Waals surface area contributed by atoms with Gasteiger partial charge in [-0.15, -0.1) is 0 Å². The number of hydrogen-bond donors (Lipinski definition) is 1. The molecule has 0 aromatic heterocycles. The molecule has 32 heavy (non-hydrogen) atoms. The third-order valence-electron chi connectivity index (χ3n) is 4.83. The van der Waals surface area contributed by atoms with E-state index in [0.717, 1.165) is 23.3 Å². The number of rotatable bonds is 13. The molecular formula is C24H29F2NO5. The van der Waals surface area contributed by atoms with E-state index in [2.05, 4.69) is 12.1 Å². The Morgan fingerprint density at radius 3 is 2.50 bits per heavy atom. The minimum atomic E-state index is -2.73. The van der Waals surface area contributed by atoms with Gasteiger partial charge in [-0.1, -0.05) is 48.0 Å². The van der Waals surface area contributed by atoms with Crippen LogP contribution in [0.4, 0.5) is 8.78 Å². The van der Waals surface area contributed by atoms with Crippen molar-refractivity contribution in [2.45, 2.75) is 45.3 Å². The van der Waals surface area contributed by atoms with Crippen molar-refractivity contribution in [1.82, 2.24) is 4.90 Å². The van der Waals surface area contributed by atoms with Gasteiger partial charge in [0.15, 0.2) is 0 Å². The van der Waals surface area contributed by atoms with Gasteiger partial charge in [-0.05, 0) is 44.0 Å². The van der Waals surface area contributed by atoms with Crippen LogP contribution in [0.5, 0.6) is 5.75 Å². The number of alkyl halides is 2. The number of ether oxygens (including phenoxy) is 2. The van der Waals surface area contributed by atoms with Crippen LogP contribution >= 0.6 is 0 Å². The summed E-state index contributed by atoms with van der Waals surface area (Å²) < 4.78 is 37.0. The van der Waals surface area contributed by atoms with Crippen LogP contribution in [-0.4, -0.2) is 54.8 Å². The molecule has 8 heteroatoms. The number of halogens is 2. The highest BCUT2D eigenvalue weighted by molar-refractivity contribution is 5.76. The van der Waals surface area contributed by atoms with Crippen LogP contribution in [0.3, 0.4) is 0 Å². The molecule has 0 saturated carbocycles. The predicted octanol–water partition coefficient (Wildman–Crippen LogP) is 4.09. The minimum Gasteiger partial charge on any atom is -0.489 e. The van der Waals surface area contributed by atoms with Gasteiger partial charge >= 0.3 is 11.9 Å². The maximum Gasteiger partial charge on any atom is 0.306 e. The minimum absolute atomic E-state index is 0.128. The lowest BCUT2D eigenvalue weighted by Gasteiger charge is -2.24. The quantitative estimate of drug-likeness (QED) is 0.367. The Kier molecular flexibility index (Phi) is 10.1. The van der Waals surface area contributed by atoms with Crippen molar-refractivity contribution < 1.29 is 33.0 Å². The van der Waals surface area contributed by atoms with Crippen LogP contribution in [0, 0.1) is 6.92 Å². The topological polar surface area (TPSA) is 76.1 Å². The summed E-state index contributed by atoms with van der Waals surface area (Å²) >= 11 is 0. The largest absolute Gasteiger partial charge is 0.489 e. The van der Waals surface area contributed by atoms with Crippen LogP contribution in [0.15, 0.2) is 48.5 Å². The Labute approximate surface area is 186 Å². The summed E-state index contributed by atoms with van der Waals surface area (Å²) in [6.07, 6.45) is -0.167. The molecule has 0 amide bonds. The van der Waals surface area contributed by atoms with E-state index in [1.807, 2.05) is 37.3 Å². The third-order valence-corrected chi connectivity index (χ3v) is 4.83. The Balaban J connectivity index is 2.02. The average Bonchev–Trinajstić information content (AvgIpc) is 2.75. The first-order valence-corrected chi connectivity index (χ1v) is 10.4. The van der Waals surface area contributed by atoms with Crippen molar-refractivity contribution in [2.24, 2.45) is 0 Å². The van der Waals surface area contributed by atoms with Crippen molar-refractivity contribution in [3.05, 3.63) is 65.2 Å². The number of nitrogens with zero attached hydrogens (tertiary/aromatic N) is 1. The molecule has 0 aliphatic carbocycles. The second kappa shape index (κ2) is 12.8. The molecule has 174 valence electrons. The summed E-state index contributed by atoms with van der Waals surface area (Å²) in [7, 11) is 1.21. The van der Waals surface area contributed by atoms with E-state index in [1.54, 1.807) is 6.07 Å². The number of aliphatic carboxylic acids is 1. The van der Waals surface area contributed by atoms with Crippen LogP contribution in [0.25, 0.3) is 0 Å². The number of carboxylic acids is 1. The van der Waals surface area contributed by atoms with Gasteiger partial charge in [0.25, 0.3) is 6.55 Å². The summed E-state index contributed by atoms with van der Waals surface area (Å²) in [5.74, 6) is -1.31. The van der Waals surface area contributed by atoms with Gasteiger partial charge in [0.1, 0.15) is 18.5 Å². The molecule has 1 atom stereocenters. The molecule has 0 aliphatic heterocycles. The fourth-order valence-corrected chi connectivity index (χ4v) is 3.16. The normalized spacial score (nSPS) is 12.1. The van der Waals surface area contributed by atoms with Gasteiger partial charge in [-0.2, -0.15) is 8.78 Å². The zero-order chi connectivity index (χ0) is 23.5. The van der Waals surface area contributed by atoms with Gasteiger partial charge in [0, 0.05) is 6.54 Å². The summed E-state index contributed by atoms with van der Waals surface area (Å²) in [6, 6.07) is 15.7. The predicted molar refractivity (Wildman–Crippen MR) is 116 cm³/mol. The van der Waals surface area contributed by atoms with E-state index in [9.17, 15) is 18.4 Å². The zero-order valence-electron chi connectivity index (χ0n) is 18.3. The highest BCUT2D eigenvalue weighted by Gasteiger charge is 2.22. The van der Waals surface area contributed by atoms with Crippen LogP contribution in [-0.2, 0) is 27.2 Å². The molecule has 0 fully saturated rings. The number of esters is 1. The highest BCUT2D eigenvalue weighted by atomic mass is 19.3. The Morgan fingerprint density at radius 2 is 1.81 bits per heavy atom. The van der Waals surface area contributed by atoms with E-state index >= 15 is 0 Å². The Morgan fingerprint density at radius 1 is 1.06 bits per heavy atom. The molecule has 0 spiro atoms. The van der Waals surface area contributed by atoms with Gasteiger partial charge in [-0.3, -0.25) is 9.59 Å². The number of carbonyl (C=O) groups is 2. The third kappa shape index (κ3) is 9.01. The van der Waals surface area contributed by atoms with E-state index in [4.69, 9.17) is 14.6 Å². The van der Waals surface area contributed by atoms with E-state index < -0.39 is 24.6 Å². The molecule has 0 radical (unpaired) electrons. The van der Waals surface area contributed by atoms with Crippen molar-refractivity contribution >= 4 is 11.9 Å². The van der Waals surface area contributed by atoms with Crippen LogP contribution in [0.1, 0.15) is 29.5 Å². The summed E-state index contributed by atoms with van der Waals surface area (Å²) in [4.78, 5) is 23.3. The van der Waals surface area contributed by atoms with Gasteiger partial charge in [0.2, 0.25) is 0 Å². The molecule has 1 N–H and O–H groups in total. The van der Waals surface area contributed by atoms with E-state index in [1.165, 1.54) is 18.2 Å². The molecular weight excluding hydrogens is 420 g/mol. The summed E-state index contributed by atoms with van der Waals surface area (Å²) in [5.41, 5.74) is 3.33. The van der Waals surface area contributed by atoms with Crippen molar-refractivity contribution in [3.8, 4) is 5.75 Å². The standard InChI is InChI=1S/C24H29F2NO5/c1-17-6-5-7-18(14-17)10-11-19-8-3-4-9-21(19)31-16-20(15-27(2)24(25)26)32-23(30)13-12-22(28)29/h3-9,14,20,24H,10-13,15-16H2,1-2H3,(H,28,29). The maximum absolute atomic E-state index is 13.0. The SMILES string of the molecule is Cc1cccc(CCc2ccccc2OCC(CN(C)C(F)F)OC(=O)CCC(=O)O)c1. The maximum atomic E-state index is 13.0. The second-order valence-corrected chi connectivity index (χ2v) is 7.63. The second-order valence-electron chi connectivity index (χ2n) is 7.63. The summed E-state index contributed by atoms with van der Waals surface area (Å²) in [5, 5.41) is 8.71. The fraction of sp³-hybridized carbons (Fsp3) is 0.417. The van der Waals surface area contributed by atoms with Gasteiger partial charge in [0.05, 0.1) is 12.8 Å². The summed E-state index contributed by atoms with van der Waals surface area (Å²) in [6.45, 7) is -1.06. The first-order valence-electron chi connectivity index (χ1n) is 10.4. The zero-order valence-corrected chi connectivity index (χ0v) is 18.3. The van der Waals surface area contributed by atoms with E-state index in [-0.39, 0.29) is 26.0 Å². The first-order chi connectivity index (χ1) is 15.2. The monoisotopic (exact) mass is 449 g/mol. The highest BCUT2D eigenvalue weighted by Crippen LogP contribution is 2.21. The molecule has 1 unspecified atom stereocenters. The number of benzene rings is 2. The molecule has 6 nitrogen and oxygen atoms in total. The smallest absolute Gasteiger partial charge is 0.306 e. The van der Waals surface area contributed by atoms with Crippen molar-refractivity contribution in [2.75, 3.05) is 20.2 Å². The molecule has 2 rings (SSSR count). The molecule has 0 bridgehead atoms. The number of likely N-dealkylation sites (N-methyl/N-ethyl adjacent to an activating group) is 1. The number of carbonyl (C=O) groups excluding carboxylic acids is 1. The lowest BCUT2D eigenvalue weighted by atomic mass is 10.0. The van der Waals surface area contributed by atoms with Gasteiger partial charge in [-0.25, -0.2) is 4.90 Å². The number of aryl methyl sites for hydroxylation is 3. The number of carboxylic acid groups (broad SMARTS) is 1. The molecule has 2 aromatic rings. The van der Waals surface area contributed by atoms with E-state index in [0.29, 0.717) is 5.75 Å². The van der Waals surface area contributed by atoms with Gasteiger partial charge < -0.3 is 14.6 Å². The Hall–Kier alpha value is -3.00. The molecule has 0 saturated heterocycles. The molecule has 0 heterocycles. The Bertz CT molecular complexity index is 890. The first kappa shape index (κ1) is 25.3. The number of para-hydroxylation sites is 1. The van der Waals surface area contributed by atoms with Crippen LogP contribution in [0.2, 0.25) is 0 Å².